The molecule has 0 aliphatic carbocycles. The number of hydrogen-bond donors (Lipinski definition) is 2. The van der Waals surface area contributed by atoms with E-state index in [9.17, 15) is 13.9 Å². The number of benzene rings is 1. The van der Waals surface area contributed by atoms with E-state index in [-0.39, 0.29) is 13.2 Å². The van der Waals surface area contributed by atoms with Gasteiger partial charge < -0.3 is 15.2 Å². The smallest absolute Gasteiger partial charge is 0.128 e. The molecule has 0 aromatic heterocycles. The number of aliphatic hydroxyl groups excluding tert-OH is 1. The molecule has 1 aromatic rings. The summed E-state index contributed by atoms with van der Waals surface area (Å²) in [6, 6.07) is 3.14. The molecule has 1 rings (SSSR count). The van der Waals surface area contributed by atoms with Crippen LogP contribution in [0.2, 0.25) is 0 Å². The van der Waals surface area contributed by atoms with Crippen LogP contribution in [0.4, 0.5) is 14.5 Å². The molecule has 1 unspecified atom stereocenters. The van der Waals surface area contributed by atoms with Crippen LogP contribution in [0.15, 0.2) is 18.2 Å². The van der Waals surface area contributed by atoms with Crippen LogP contribution in [0.25, 0.3) is 0 Å². The van der Waals surface area contributed by atoms with E-state index in [1.807, 2.05) is 13.8 Å². The summed E-state index contributed by atoms with van der Waals surface area (Å²) in [5, 5.41) is 12.3. The molecule has 0 aliphatic rings. The highest BCUT2D eigenvalue weighted by Gasteiger charge is 2.06. The molecular weight excluding hydrogens is 240 g/mol. The lowest BCUT2D eigenvalue weighted by Crippen LogP contribution is -2.25. The van der Waals surface area contributed by atoms with Crippen LogP contribution < -0.4 is 5.32 Å². The fourth-order valence-electron chi connectivity index (χ4n) is 1.39. The van der Waals surface area contributed by atoms with Crippen molar-refractivity contribution in [3.05, 3.63) is 29.8 Å². The second kappa shape index (κ2) is 7.28. The van der Waals surface area contributed by atoms with Gasteiger partial charge in [-0.2, -0.15) is 0 Å². The standard InChI is InChI=1S/C13H19F2NO2/c1-9(2)7-18-8-13(17)6-16-12-4-10(14)3-11(15)5-12/h3-5,9,13,16-17H,6-8H2,1-2H3. The molecule has 0 saturated heterocycles. The van der Waals surface area contributed by atoms with Crippen LogP contribution in [0.5, 0.6) is 0 Å². The number of halogens is 2. The van der Waals surface area contributed by atoms with Crippen molar-refractivity contribution in [3.63, 3.8) is 0 Å². The van der Waals surface area contributed by atoms with Gasteiger partial charge in [-0.25, -0.2) is 8.78 Å². The van der Waals surface area contributed by atoms with Gasteiger partial charge in [0, 0.05) is 24.9 Å². The molecule has 102 valence electrons. The molecule has 3 nitrogen and oxygen atoms in total. The van der Waals surface area contributed by atoms with Gasteiger partial charge in [-0.05, 0) is 18.1 Å². The summed E-state index contributed by atoms with van der Waals surface area (Å²) < 4.78 is 31.0. The molecule has 1 atom stereocenters. The lowest BCUT2D eigenvalue weighted by molar-refractivity contribution is 0.0318. The van der Waals surface area contributed by atoms with E-state index in [0.29, 0.717) is 18.2 Å². The summed E-state index contributed by atoms with van der Waals surface area (Å²) in [6.45, 7) is 4.98. The van der Waals surface area contributed by atoms with E-state index in [4.69, 9.17) is 4.74 Å². The first-order valence-corrected chi connectivity index (χ1v) is 5.93. The van der Waals surface area contributed by atoms with Gasteiger partial charge in [0.2, 0.25) is 0 Å². The van der Waals surface area contributed by atoms with Crippen LogP contribution in [-0.4, -0.2) is 31.0 Å². The third kappa shape index (κ3) is 5.93. The van der Waals surface area contributed by atoms with Gasteiger partial charge in [0.25, 0.3) is 0 Å². The van der Waals surface area contributed by atoms with Crippen LogP contribution in [0.3, 0.4) is 0 Å². The minimum Gasteiger partial charge on any atom is -0.389 e. The average molecular weight is 259 g/mol. The van der Waals surface area contributed by atoms with E-state index in [1.54, 1.807) is 0 Å². The highest BCUT2D eigenvalue weighted by molar-refractivity contribution is 5.43. The first-order valence-electron chi connectivity index (χ1n) is 5.93. The molecule has 0 radical (unpaired) electrons. The van der Waals surface area contributed by atoms with E-state index in [1.165, 1.54) is 12.1 Å². The van der Waals surface area contributed by atoms with E-state index < -0.39 is 17.7 Å². The van der Waals surface area contributed by atoms with Gasteiger partial charge in [0.15, 0.2) is 0 Å². The zero-order valence-corrected chi connectivity index (χ0v) is 10.6. The maximum Gasteiger partial charge on any atom is 0.128 e. The second-order valence-corrected chi connectivity index (χ2v) is 4.62. The topological polar surface area (TPSA) is 41.5 Å². The maximum atomic E-state index is 12.9. The molecular formula is C13H19F2NO2. The molecule has 0 spiro atoms. The first kappa shape index (κ1) is 14.9. The third-order valence-electron chi connectivity index (χ3n) is 2.17. The third-order valence-corrected chi connectivity index (χ3v) is 2.17. The molecule has 5 heteroatoms. The van der Waals surface area contributed by atoms with Crippen molar-refractivity contribution in [2.75, 3.05) is 25.1 Å². The lowest BCUT2D eigenvalue weighted by Gasteiger charge is -2.14. The molecule has 2 N–H and O–H groups in total. The number of anilines is 1. The zero-order chi connectivity index (χ0) is 13.5. The predicted molar refractivity (Wildman–Crippen MR) is 66.5 cm³/mol. The highest BCUT2D eigenvalue weighted by Crippen LogP contribution is 2.12. The summed E-state index contributed by atoms with van der Waals surface area (Å²) in [4.78, 5) is 0. The Morgan fingerprint density at radius 1 is 1.17 bits per heavy atom. The molecule has 18 heavy (non-hydrogen) atoms. The molecule has 0 bridgehead atoms. The van der Waals surface area contributed by atoms with Crippen molar-refractivity contribution in [1.29, 1.82) is 0 Å². The Morgan fingerprint density at radius 2 is 1.78 bits per heavy atom. The summed E-state index contributed by atoms with van der Waals surface area (Å²) >= 11 is 0. The predicted octanol–water partition coefficient (Wildman–Crippen LogP) is 2.41. The Labute approximate surface area is 106 Å². The lowest BCUT2D eigenvalue weighted by atomic mass is 10.2. The summed E-state index contributed by atoms with van der Waals surface area (Å²) in [5.74, 6) is -0.895. The van der Waals surface area contributed by atoms with Crippen LogP contribution in [-0.2, 0) is 4.74 Å². The van der Waals surface area contributed by atoms with Crippen LogP contribution >= 0.6 is 0 Å². The maximum absolute atomic E-state index is 12.9. The van der Waals surface area contributed by atoms with Gasteiger partial charge in [-0.15, -0.1) is 0 Å². The number of aliphatic hydroxyl groups is 1. The molecule has 0 heterocycles. The van der Waals surface area contributed by atoms with Crippen LogP contribution in [0.1, 0.15) is 13.8 Å². The second-order valence-electron chi connectivity index (χ2n) is 4.62. The monoisotopic (exact) mass is 259 g/mol. The van der Waals surface area contributed by atoms with E-state index in [0.717, 1.165) is 6.07 Å². The van der Waals surface area contributed by atoms with Gasteiger partial charge in [-0.1, -0.05) is 13.8 Å². The average Bonchev–Trinajstić information content (AvgIpc) is 2.24. The Morgan fingerprint density at radius 3 is 2.33 bits per heavy atom. The van der Waals surface area contributed by atoms with Crippen molar-refractivity contribution < 1.29 is 18.6 Å². The quantitative estimate of drug-likeness (QED) is 0.790. The number of nitrogens with one attached hydrogen (secondary N) is 1. The largest absolute Gasteiger partial charge is 0.389 e. The molecule has 0 aliphatic heterocycles. The summed E-state index contributed by atoms with van der Waals surface area (Å²) in [7, 11) is 0. The van der Waals surface area contributed by atoms with Crippen molar-refractivity contribution in [1.82, 2.24) is 0 Å². The van der Waals surface area contributed by atoms with Crippen molar-refractivity contribution in [3.8, 4) is 0 Å². The number of rotatable bonds is 7. The Balaban J connectivity index is 2.31. The number of hydrogen-bond acceptors (Lipinski definition) is 3. The Kier molecular flexibility index (Phi) is 6.01. The van der Waals surface area contributed by atoms with Crippen molar-refractivity contribution in [2.45, 2.75) is 20.0 Å². The summed E-state index contributed by atoms with van der Waals surface area (Å²) in [6.07, 6.45) is -0.713. The van der Waals surface area contributed by atoms with E-state index in [2.05, 4.69) is 5.32 Å². The Bertz CT molecular complexity index is 352. The Hall–Kier alpha value is -1.20. The van der Waals surface area contributed by atoms with Gasteiger partial charge in [-0.3, -0.25) is 0 Å². The molecule has 1 aromatic carbocycles. The fraction of sp³-hybridized carbons (Fsp3) is 0.538. The normalized spacial score (nSPS) is 12.8. The van der Waals surface area contributed by atoms with Gasteiger partial charge in [0.1, 0.15) is 11.6 Å². The minimum absolute atomic E-state index is 0.182. The molecule has 0 fully saturated rings. The van der Waals surface area contributed by atoms with Gasteiger partial charge in [0.05, 0.1) is 12.7 Å². The van der Waals surface area contributed by atoms with Crippen LogP contribution in [0, 0.1) is 17.6 Å². The molecule has 0 amide bonds. The van der Waals surface area contributed by atoms with Gasteiger partial charge >= 0.3 is 0 Å². The van der Waals surface area contributed by atoms with Crippen molar-refractivity contribution in [2.24, 2.45) is 5.92 Å². The minimum atomic E-state index is -0.713. The number of ether oxygens (including phenoxy) is 1. The SMILES string of the molecule is CC(C)COCC(O)CNc1cc(F)cc(F)c1. The summed E-state index contributed by atoms with van der Waals surface area (Å²) in [5.41, 5.74) is 0.301. The zero-order valence-electron chi connectivity index (χ0n) is 10.6. The fourth-order valence-corrected chi connectivity index (χ4v) is 1.39. The first-order chi connectivity index (χ1) is 8.47. The molecule has 0 saturated carbocycles. The van der Waals surface area contributed by atoms with Crippen molar-refractivity contribution >= 4 is 5.69 Å². The van der Waals surface area contributed by atoms with E-state index >= 15 is 0 Å². The highest BCUT2D eigenvalue weighted by atomic mass is 19.1.